The molecule has 0 aliphatic carbocycles. The number of terminal acetylenes is 1. The minimum atomic E-state index is -0.585. The molecular formula is C7H9ClO2. The van der Waals surface area contributed by atoms with Gasteiger partial charge in [-0.3, -0.25) is 4.79 Å². The maximum absolute atomic E-state index is 10.6. The van der Waals surface area contributed by atoms with Crippen molar-refractivity contribution in [3.05, 3.63) is 0 Å². The van der Waals surface area contributed by atoms with Gasteiger partial charge in [-0.05, 0) is 6.92 Å². The maximum atomic E-state index is 10.6. The Morgan fingerprint density at radius 2 is 2.50 bits per heavy atom. The van der Waals surface area contributed by atoms with Crippen molar-refractivity contribution in [2.24, 2.45) is 0 Å². The summed E-state index contributed by atoms with van der Waals surface area (Å²) in [5.74, 6) is 1.92. The van der Waals surface area contributed by atoms with E-state index >= 15 is 0 Å². The average Bonchev–Trinajstić information content (AvgIpc) is 1.88. The lowest BCUT2D eigenvalue weighted by atomic mass is 10.4. The molecule has 0 heterocycles. The minimum absolute atomic E-state index is 0.256. The van der Waals surface area contributed by atoms with Crippen molar-refractivity contribution >= 4 is 17.6 Å². The second-order valence-electron chi connectivity index (χ2n) is 1.74. The van der Waals surface area contributed by atoms with Gasteiger partial charge in [-0.2, -0.15) is 0 Å². The molecule has 0 amide bonds. The van der Waals surface area contributed by atoms with E-state index in [2.05, 4.69) is 10.7 Å². The summed E-state index contributed by atoms with van der Waals surface area (Å²) in [5, 5.41) is -0.585. The first-order valence-electron chi connectivity index (χ1n) is 2.92. The lowest BCUT2D eigenvalue weighted by Crippen LogP contribution is -2.14. The average molecular weight is 161 g/mol. The van der Waals surface area contributed by atoms with Crippen LogP contribution in [0, 0.1) is 12.3 Å². The van der Waals surface area contributed by atoms with E-state index in [0.717, 1.165) is 0 Å². The fourth-order valence-electron chi connectivity index (χ4n) is 0.325. The highest BCUT2D eigenvalue weighted by atomic mass is 35.5. The molecule has 0 saturated heterocycles. The van der Waals surface area contributed by atoms with Crippen LogP contribution >= 0.6 is 11.6 Å². The topological polar surface area (TPSA) is 26.3 Å². The molecule has 0 aliphatic rings. The van der Waals surface area contributed by atoms with Crippen LogP contribution in [0.5, 0.6) is 0 Å². The normalized spacial score (nSPS) is 11.7. The number of carbonyl (C=O) groups excluding carboxylic acids is 1. The molecule has 0 rings (SSSR count). The van der Waals surface area contributed by atoms with Gasteiger partial charge in [-0.25, -0.2) is 0 Å². The van der Waals surface area contributed by atoms with Crippen molar-refractivity contribution in [3.63, 3.8) is 0 Å². The lowest BCUT2D eigenvalue weighted by molar-refractivity contribution is -0.142. The highest BCUT2D eigenvalue weighted by Gasteiger charge is 2.08. The van der Waals surface area contributed by atoms with Gasteiger partial charge in [0.05, 0.1) is 0 Å². The molecule has 0 saturated carbocycles. The Bertz CT molecular complexity index is 146. The fraction of sp³-hybridized carbons (Fsp3) is 0.571. The predicted molar refractivity (Wildman–Crippen MR) is 39.7 cm³/mol. The van der Waals surface area contributed by atoms with E-state index in [1.807, 2.05) is 0 Å². The van der Waals surface area contributed by atoms with E-state index in [0.29, 0.717) is 6.42 Å². The number of hydrogen-bond donors (Lipinski definition) is 0. The molecule has 0 N–H and O–H groups in total. The molecule has 1 atom stereocenters. The van der Waals surface area contributed by atoms with Crippen LogP contribution in [0.4, 0.5) is 0 Å². The van der Waals surface area contributed by atoms with Gasteiger partial charge in [-0.15, -0.1) is 23.9 Å². The van der Waals surface area contributed by atoms with E-state index in [1.165, 1.54) is 0 Å². The molecule has 0 fully saturated rings. The van der Waals surface area contributed by atoms with Crippen LogP contribution < -0.4 is 0 Å². The molecule has 0 aromatic rings. The summed E-state index contributed by atoms with van der Waals surface area (Å²) >= 11 is 5.38. The van der Waals surface area contributed by atoms with Crippen molar-refractivity contribution in [1.29, 1.82) is 0 Å². The second kappa shape index (κ2) is 5.13. The molecule has 2 nitrogen and oxygen atoms in total. The summed E-state index contributed by atoms with van der Waals surface area (Å²) in [6, 6.07) is 0. The zero-order chi connectivity index (χ0) is 7.98. The van der Waals surface area contributed by atoms with E-state index in [4.69, 9.17) is 18.0 Å². The van der Waals surface area contributed by atoms with Crippen LogP contribution in [0.2, 0.25) is 0 Å². The third kappa shape index (κ3) is 4.22. The van der Waals surface area contributed by atoms with Gasteiger partial charge in [0.1, 0.15) is 12.0 Å². The maximum Gasteiger partial charge on any atom is 0.323 e. The summed E-state index contributed by atoms with van der Waals surface area (Å²) in [5.41, 5.74) is 0. The molecule has 0 aliphatic heterocycles. The SMILES string of the molecule is C#CCCOC(=O)C(C)Cl. The van der Waals surface area contributed by atoms with Gasteiger partial charge in [-0.1, -0.05) is 0 Å². The van der Waals surface area contributed by atoms with Crippen molar-refractivity contribution in [2.75, 3.05) is 6.61 Å². The van der Waals surface area contributed by atoms with Gasteiger partial charge >= 0.3 is 5.97 Å². The van der Waals surface area contributed by atoms with Gasteiger partial charge in [0.2, 0.25) is 0 Å². The Balaban J connectivity index is 3.33. The Hall–Kier alpha value is -0.680. The van der Waals surface area contributed by atoms with Crippen molar-refractivity contribution in [1.82, 2.24) is 0 Å². The van der Waals surface area contributed by atoms with Gasteiger partial charge in [0, 0.05) is 6.42 Å². The predicted octanol–water partition coefficient (Wildman–Crippen LogP) is 1.18. The zero-order valence-corrected chi connectivity index (χ0v) is 6.52. The summed E-state index contributed by atoms with van der Waals surface area (Å²) in [6.07, 6.45) is 5.36. The van der Waals surface area contributed by atoms with Crippen molar-refractivity contribution < 1.29 is 9.53 Å². The van der Waals surface area contributed by atoms with Crippen LogP contribution in [0.15, 0.2) is 0 Å². The quantitative estimate of drug-likeness (QED) is 0.268. The molecular weight excluding hydrogens is 152 g/mol. The molecule has 0 aromatic heterocycles. The van der Waals surface area contributed by atoms with E-state index in [1.54, 1.807) is 6.92 Å². The highest BCUT2D eigenvalue weighted by Crippen LogP contribution is 1.96. The van der Waals surface area contributed by atoms with Crippen molar-refractivity contribution in [3.8, 4) is 12.3 Å². The molecule has 0 spiro atoms. The largest absolute Gasteiger partial charge is 0.464 e. The van der Waals surface area contributed by atoms with Gasteiger partial charge < -0.3 is 4.74 Å². The number of hydrogen-bond acceptors (Lipinski definition) is 2. The number of ether oxygens (including phenoxy) is 1. The first kappa shape index (κ1) is 9.32. The molecule has 1 unspecified atom stereocenters. The smallest absolute Gasteiger partial charge is 0.323 e. The molecule has 3 heteroatoms. The standard InChI is InChI=1S/C7H9ClO2/c1-3-4-5-10-7(9)6(2)8/h1,6H,4-5H2,2H3. The molecule has 10 heavy (non-hydrogen) atoms. The first-order valence-corrected chi connectivity index (χ1v) is 3.36. The van der Waals surface area contributed by atoms with E-state index in [9.17, 15) is 4.79 Å². The summed E-state index contributed by atoms with van der Waals surface area (Å²) < 4.78 is 4.63. The Morgan fingerprint density at radius 1 is 1.90 bits per heavy atom. The highest BCUT2D eigenvalue weighted by molar-refractivity contribution is 6.29. The molecule has 0 radical (unpaired) electrons. The van der Waals surface area contributed by atoms with Crippen LogP contribution in [0.25, 0.3) is 0 Å². The third-order valence-corrected chi connectivity index (χ3v) is 0.994. The summed E-state index contributed by atoms with van der Waals surface area (Å²) in [4.78, 5) is 10.6. The number of esters is 1. The van der Waals surface area contributed by atoms with Crippen LogP contribution in [-0.2, 0) is 9.53 Å². The van der Waals surface area contributed by atoms with Crippen LogP contribution in [0.3, 0.4) is 0 Å². The summed E-state index contributed by atoms with van der Waals surface area (Å²) in [6.45, 7) is 1.81. The van der Waals surface area contributed by atoms with Crippen LogP contribution in [0.1, 0.15) is 13.3 Å². The third-order valence-electron chi connectivity index (χ3n) is 0.816. The fourth-order valence-corrected chi connectivity index (χ4v) is 0.388. The number of rotatable bonds is 3. The molecule has 56 valence electrons. The minimum Gasteiger partial charge on any atom is -0.464 e. The molecule has 0 bridgehead atoms. The Kier molecular flexibility index (Phi) is 4.78. The zero-order valence-electron chi connectivity index (χ0n) is 5.76. The Morgan fingerprint density at radius 3 is 2.90 bits per heavy atom. The van der Waals surface area contributed by atoms with Gasteiger partial charge in [0.15, 0.2) is 0 Å². The summed E-state index contributed by atoms with van der Waals surface area (Å²) in [7, 11) is 0. The lowest BCUT2D eigenvalue weighted by Gasteiger charge is -2.02. The van der Waals surface area contributed by atoms with E-state index < -0.39 is 11.3 Å². The second-order valence-corrected chi connectivity index (χ2v) is 2.39. The number of alkyl halides is 1. The van der Waals surface area contributed by atoms with Gasteiger partial charge in [0.25, 0.3) is 0 Å². The van der Waals surface area contributed by atoms with E-state index in [-0.39, 0.29) is 6.61 Å². The number of carbonyl (C=O) groups is 1. The monoisotopic (exact) mass is 160 g/mol. The number of halogens is 1. The van der Waals surface area contributed by atoms with Crippen LogP contribution in [-0.4, -0.2) is 18.0 Å². The van der Waals surface area contributed by atoms with Crippen molar-refractivity contribution in [2.45, 2.75) is 18.7 Å². The molecule has 0 aromatic carbocycles. The first-order chi connectivity index (χ1) is 4.68. The Labute approximate surface area is 65.5 Å².